The van der Waals surface area contributed by atoms with Gasteiger partial charge in [-0.25, -0.2) is 4.21 Å². The first-order chi connectivity index (χ1) is 8.98. The molecule has 0 amide bonds. The maximum atomic E-state index is 11.8. The van der Waals surface area contributed by atoms with Crippen LogP contribution >= 0.6 is 0 Å². The molecule has 1 atom stereocenters. The Bertz CT molecular complexity index is 621. The van der Waals surface area contributed by atoms with Crippen molar-refractivity contribution < 1.29 is 4.21 Å². The fraction of sp³-hybridized carbons (Fsp3) is 0.312. The topological polar surface area (TPSA) is 29.4 Å². The number of nitrogens with zero attached hydrogens (tertiary/aromatic N) is 1. The SMILES string of the molecule is CC(C)(C)S(=O)N=CCc1cccc2ccccc12. The summed E-state index contributed by atoms with van der Waals surface area (Å²) in [5, 5.41) is 2.46. The van der Waals surface area contributed by atoms with E-state index in [0.717, 1.165) is 0 Å². The molecule has 0 bridgehead atoms. The van der Waals surface area contributed by atoms with Crippen LogP contribution in [0.3, 0.4) is 0 Å². The first kappa shape index (κ1) is 13.9. The van der Waals surface area contributed by atoms with E-state index in [0.29, 0.717) is 6.42 Å². The molecule has 2 aromatic rings. The summed E-state index contributed by atoms with van der Waals surface area (Å²) >= 11 is 0. The summed E-state index contributed by atoms with van der Waals surface area (Å²) in [5.74, 6) is 0. The fourth-order valence-electron chi connectivity index (χ4n) is 1.83. The van der Waals surface area contributed by atoms with Gasteiger partial charge in [0.1, 0.15) is 11.0 Å². The number of hydrogen-bond donors (Lipinski definition) is 0. The molecule has 0 saturated heterocycles. The van der Waals surface area contributed by atoms with E-state index in [4.69, 9.17) is 0 Å². The van der Waals surface area contributed by atoms with Gasteiger partial charge in [-0.2, -0.15) is 4.40 Å². The Kier molecular flexibility index (Phi) is 4.15. The van der Waals surface area contributed by atoms with Gasteiger partial charge in [0.15, 0.2) is 0 Å². The first-order valence-electron chi connectivity index (χ1n) is 6.39. The second-order valence-electron chi connectivity index (χ2n) is 5.49. The van der Waals surface area contributed by atoms with E-state index in [1.807, 2.05) is 39.0 Å². The molecule has 0 aliphatic rings. The van der Waals surface area contributed by atoms with Crippen molar-refractivity contribution in [3.8, 4) is 0 Å². The first-order valence-corrected chi connectivity index (χ1v) is 7.50. The highest BCUT2D eigenvalue weighted by Gasteiger charge is 2.17. The van der Waals surface area contributed by atoms with Gasteiger partial charge in [-0.15, -0.1) is 0 Å². The summed E-state index contributed by atoms with van der Waals surface area (Å²) < 4.78 is 15.7. The predicted octanol–water partition coefficient (Wildman–Crippen LogP) is 3.92. The summed E-state index contributed by atoms with van der Waals surface area (Å²) in [6.07, 6.45) is 2.48. The summed E-state index contributed by atoms with van der Waals surface area (Å²) in [6, 6.07) is 14.5. The third kappa shape index (κ3) is 3.51. The molecule has 3 heteroatoms. The predicted molar refractivity (Wildman–Crippen MR) is 84.0 cm³/mol. The molecule has 0 fully saturated rings. The van der Waals surface area contributed by atoms with E-state index in [1.165, 1.54) is 16.3 Å². The Balaban J connectivity index is 2.19. The maximum Gasteiger partial charge on any atom is 0.144 e. The molecular weight excluding hydrogens is 254 g/mol. The van der Waals surface area contributed by atoms with Gasteiger partial charge in [0.25, 0.3) is 0 Å². The minimum atomic E-state index is -1.18. The third-order valence-electron chi connectivity index (χ3n) is 2.89. The van der Waals surface area contributed by atoms with Gasteiger partial charge in [0, 0.05) is 12.6 Å². The highest BCUT2D eigenvalue weighted by molar-refractivity contribution is 7.85. The zero-order valence-electron chi connectivity index (χ0n) is 11.6. The van der Waals surface area contributed by atoms with Gasteiger partial charge in [0.05, 0.1) is 4.75 Å². The Morgan fingerprint density at radius 1 is 1.11 bits per heavy atom. The quantitative estimate of drug-likeness (QED) is 0.779. The van der Waals surface area contributed by atoms with E-state index in [1.54, 1.807) is 6.21 Å². The minimum absolute atomic E-state index is 0.296. The van der Waals surface area contributed by atoms with Crippen LogP contribution in [0.1, 0.15) is 26.3 Å². The van der Waals surface area contributed by atoms with Crippen LogP contribution in [0.2, 0.25) is 0 Å². The normalized spacial score (nSPS) is 14.1. The van der Waals surface area contributed by atoms with Gasteiger partial charge in [-0.3, -0.25) is 0 Å². The van der Waals surface area contributed by atoms with Crippen molar-refractivity contribution in [1.29, 1.82) is 0 Å². The number of benzene rings is 2. The monoisotopic (exact) mass is 273 g/mol. The van der Waals surface area contributed by atoms with Gasteiger partial charge in [0.2, 0.25) is 0 Å². The Morgan fingerprint density at radius 3 is 2.53 bits per heavy atom. The molecule has 0 N–H and O–H groups in total. The smallest absolute Gasteiger partial charge is 0.144 e. The van der Waals surface area contributed by atoms with Crippen molar-refractivity contribution >= 4 is 28.0 Å². The molecule has 0 heterocycles. The van der Waals surface area contributed by atoms with Crippen molar-refractivity contribution in [3.05, 3.63) is 48.0 Å². The van der Waals surface area contributed by atoms with Crippen LogP contribution in [0.4, 0.5) is 0 Å². The van der Waals surface area contributed by atoms with E-state index < -0.39 is 11.0 Å². The highest BCUT2D eigenvalue weighted by atomic mass is 32.2. The lowest BCUT2D eigenvalue weighted by molar-refractivity contribution is 0.651. The third-order valence-corrected chi connectivity index (χ3v) is 4.27. The number of rotatable bonds is 3. The maximum absolute atomic E-state index is 11.8. The highest BCUT2D eigenvalue weighted by Crippen LogP contribution is 2.18. The van der Waals surface area contributed by atoms with Gasteiger partial charge >= 0.3 is 0 Å². The lowest BCUT2D eigenvalue weighted by atomic mass is 10.0. The second kappa shape index (κ2) is 5.66. The van der Waals surface area contributed by atoms with Crippen LogP contribution in [-0.4, -0.2) is 15.2 Å². The molecule has 0 spiro atoms. The molecule has 19 heavy (non-hydrogen) atoms. The number of hydrogen-bond acceptors (Lipinski definition) is 1. The summed E-state index contributed by atoms with van der Waals surface area (Å²) in [7, 11) is -1.18. The van der Waals surface area contributed by atoms with Crippen LogP contribution in [0.5, 0.6) is 0 Å². The van der Waals surface area contributed by atoms with E-state index in [9.17, 15) is 4.21 Å². The van der Waals surface area contributed by atoms with Crippen LogP contribution in [0, 0.1) is 0 Å². The average molecular weight is 273 g/mol. The van der Waals surface area contributed by atoms with Crippen LogP contribution in [-0.2, 0) is 17.4 Å². The van der Waals surface area contributed by atoms with Gasteiger partial charge in [-0.05, 0) is 37.1 Å². The molecule has 2 aromatic carbocycles. The average Bonchev–Trinajstić information content (AvgIpc) is 2.38. The molecule has 0 saturated carbocycles. The molecule has 0 radical (unpaired) electrons. The van der Waals surface area contributed by atoms with Crippen molar-refractivity contribution in [2.45, 2.75) is 31.9 Å². The lowest BCUT2D eigenvalue weighted by Gasteiger charge is -2.12. The van der Waals surface area contributed by atoms with E-state index in [2.05, 4.69) is 28.7 Å². The molecule has 1 unspecified atom stereocenters. The summed E-state index contributed by atoms with van der Waals surface area (Å²) in [6.45, 7) is 5.79. The molecule has 2 rings (SSSR count). The van der Waals surface area contributed by atoms with Gasteiger partial charge < -0.3 is 0 Å². The molecule has 2 nitrogen and oxygen atoms in total. The fourth-order valence-corrected chi connectivity index (χ4v) is 2.36. The van der Waals surface area contributed by atoms with Crippen LogP contribution < -0.4 is 0 Å². The summed E-state index contributed by atoms with van der Waals surface area (Å²) in [4.78, 5) is 0. The van der Waals surface area contributed by atoms with Crippen molar-refractivity contribution in [2.75, 3.05) is 0 Å². The Morgan fingerprint density at radius 2 is 1.79 bits per heavy atom. The standard InChI is InChI=1S/C16H19NOS/c1-16(2,3)19(18)17-12-11-14-9-6-8-13-7-4-5-10-15(13)14/h4-10,12H,11H2,1-3H3. The molecule has 0 aliphatic heterocycles. The lowest BCUT2D eigenvalue weighted by Crippen LogP contribution is -2.19. The Hall–Kier alpha value is -1.48. The van der Waals surface area contributed by atoms with Crippen molar-refractivity contribution in [2.24, 2.45) is 4.40 Å². The van der Waals surface area contributed by atoms with E-state index >= 15 is 0 Å². The molecule has 0 aliphatic carbocycles. The Labute approximate surface area is 117 Å². The molecular formula is C16H19NOS. The number of fused-ring (bicyclic) bond motifs is 1. The van der Waals surface area contributed by atoms with Gasteiger partial charge in [-0.1, -0.05) is 42.5 Å². The molecule has 0 aromatic heterocycles. The van der Waals surface area contributed by atoms with Crippen molar-refractivity contribution in [3.63, 3.8) is 0 Å². The molecule has 100 valence electrons. The zero-order valence-corrected chi connectivity index (χ0v) is 12.4. The largest absolute Gasteiger partial charge is 0.234 e. The van der Waals surface area contributed by atoms with Crippen LogP contribution in [0.15, 0.2) is 46.9 Å². The summed E-state index contributed by atoms with van der Waals surface area (Å²) in [5.41, 5.74) is 1.22. The van der Waals surface area contributed by atoms with Crippen molar-refractivity contribution in [1.82, 2.24) is 0 Å². The van der Waals surface area contributed by atoms with E-state index in [-0.39, 0.29) is 4.75 Å². The zero-order chi connectivity index (χ0) is 13.9. The van der Waals surface area contributed by atoms with Crippen LogP contribution in [0.25, 0.3) is 10.8 Å². The second-order valence-corrected chi connectivity index (χ2v) is 7.43. The minimum Gasteiger partial charge on any atom is -0.234 e.